The Bertz CT molecular complexity index is 403. The summed E-state index contributed by atoms with van der Waals surface area (Å²) >= 11 is 3.48. The third kappa shape index (κ3) is 3.31. The van der Waals surface area contributed by atoms with E-state index < -0.39 is 0 Å². The Morgan fingerprint density at radius 2 is 2.39 bits per heavy atom. The summed E-state index contributed by atoms with van der Waals surface area (Å²) in [5, 5.41) is 1.02. The molecule has 1 aromatic rings. The van der Waals surface area contributed by atoms with Crippen molar-refractivity contribution in [1.29, 1.82) is 0 Å². The van der Waals surface area contributed by atoms with Crippen LogP contribution in [0.15, 0.2) is 18.3 Å². The molecule has 0 N–H and O–H groups in total. The van der Waals surface area contributed by atoms with Crippen LogP contribution in [-0.4, -0.2) is 34.2 Å². The zero-order valence-electron chi connectivity index (χ0n) is 10.7. The van der Waals surface area contributed by atoms with Crippen LogP contribution in [0.3, 0.4) is 0 Å². The first-order valence-electron chi connectivity index (χ1n) is 6.48. The van der Waals surface area contributed by atoms with Gasteiger partial charge in [-0.25, -0.2) is 0 Å². The minimum atomic E-state index is 0.127. The van der Waals surface area contributed by atoms with Gasteiger partial charge in [-0.3, -0.25) is 9.78 Å². The first-order valence-corrected chi connectivity index (χ1v) is 7.60. The predicted molar refractivity (Wildman–Crippen MR) is 76.0 cm³/mol. The summed E-state index contributed by atoms with van der Waals surface area (Å²) in [6.45, 7) is 3.70. The van der Waals surface area contributed by atoms with Gasteiger partial charge in [-0.1, -0.05) is 15.9 Å². The minimum absolute atomic E-state index is 0.127. The van der Waals surface area contributed by atoms with E-state index in [0.717, 1.165) is 37.0 Å². The number of piperidine rings is 1. The number of rotatable bonds is 3. The van der Waals surface area contributed by atoms with E-state index in [-0.39, 0.29) is 5.91 Å². The summed E-state index contributed by atoms with van der Waals surface area (Å²) in [5.74, 6) is 0.766. The van der Waals surface area contributed by atoms with E-state index in [9.17, 15) is 4.79 Å². The van der Waals surface area contributed by atoms with Crippen molar-refractivity contribution < 1.29 is 4.79 Å². The molecule has 1 aliphatic rings. The third-order valence-electron chi connectivity index (χ3n) is 3.48. The van der Waals surface area contributed by atoms with Gasteiger partial charge in [0.25, 0.3) is 5.91 Å². The fourth-order valence-electron chi connectivity index (χ4n) is 2.42. The first kappa shape index (κ1) is 13.5. The highest BCUT2D eigenvalue weighted by molar-refractivity contribution is 9.09. The van der Waals surface area contributed by atoms with Gasteiger partial charge in [-0.15, -0.1) is 0 Å². The van der Waals surface area contributed by atoms with Gasteiger partial charge in [-0.05, 0) is 44.2 Å². The van der Waals surface area contributed by atoms with Gasteiger partial charge in [0.15, 0.2) is 0 Å². The standard InChI is InChI=1S/C14H19BrN2O/c1-11-4-5-13(9-16-11)14(18)17-8-2-3-12(10-17)6-7-15/h4-5,9,12H,2-3,6-8,10H2,1H3. The maximum atomic E-state index is 12.3. The molecule has 0 radical (unpaired) electrons. The van der Waals surface area contributed by atoms with Crippen molar-refractivity contribution in [1.82, 2.24) is 9.88 Å². The van der Waals surface area contributed by atoms with E-state index in [2.05, 4.69) is 20.9 Å². The average molecular weight is 311 g/mol. The highest BCUT2D eigenvalue weighted by atomic mass is 79.9. The molecule has 1 aliphatic heterocycles. The molecule has 2 heterocycles. The zero-order chi connectivity index (χ0) is 13.0. The van der Waals surface area contributed by atoms with Crippen molar-refractivity contribution in [2.75, 3.05) is 18.4 Å². The number of likely N-dealkylation sites (tertiary alicyclic amines) is 1. The molecule has 1 unspecified atom stereocenters. The first-order chi connectivity index (χ1) is 8.70. The van der Waals surface area contributed by atoms with Crippen LogP contribution in [0.2, 0.25) is 0 Å². The highest BCUT2D eigenvalue weighted by Gasteiger charge is 2.24. The lowest BCUT2D eigenvalue weighted by Gasteiger charge is -2.32. The van der Waals surface area contributed by atoms with Crippen LogP contribution in [0.5, 0.6) is 0 Å². The van der Waals surface area contributed by atoms with Gasteiger partial charge in [-0.2, -0.15) is 0 Å². The largest absolute Gasteiger partial charge is 0.338 e. The van der Waals surface area contributed by atoms with Crippen molar-refractivity contribution in [2.45, 2.75) is 26.2 Å². The summed E-state index contributed by atoms with van der Waals surface area (Å²) in [6.07, 6.45) is 5.19. The average Bonchev–Trinajstić information content (AvgIpc) is 2.39. The molecule has 18 heavy (non-hydrogen) atoms. The van der Waals surface area contributed by atoms with Crippen molar-refractivity contribution in [3.8, 4) is 0 Å². The Labute approximate surface area is 117 Å². The molecule has 0 spiro atoms. The number of hydrogen-bond donors (Lipinski definition) is 0. The number of aromatic nitrogens is 1. The van der Waals surface area contributed by atoms with Crippen molar-refractivity contribution >= 4 is 21.8 Å². The number of alkyl halides is 1. The van der Waals surface area contributed by atoms with Crippen molar-refractivity contribution in [2.24, 2.45) is 5.92 Å². The second-order valence-electron chi connectivity index (χ2n) is 4.93. The molecule has 0 saturated carbocycles. The molecular weight excluding hydrogens is 292 g/mol. The van der Waals surface area contributed by atoms with Crippen LogP contribution in [-0.2, 0) is 0 Å². The molecule has 2 rings (SSSR count). The Kier molecular flexibility index (Phi) is 4.75. The number of aryl methyl sites for hydroxylation is 1. The van der Waals surface area contributed by atoms with Crippen LogP contribution in [0.4, 0.5) is 0 Å². The van der Waals surface area contributed by atoms with Gasteiger partial charge in [0.2, 0.25) is 0 Å². The molecule has 0 bridgehead atoms. The van der Waals surface area contributed by atoms with E-state index in [1.807, 2.05) is 24.0 Å². The molecule has 1 amide bonds. The molecule has 1 atom stereocenters. The Morgan fingerprint density at radius 1 is 1.56 bits per heavy atom. The Morgan fingerprint density at radius 3 is 3.06 bits per heavy atom. The fraction of sp³-hybridized carbons (Fsp3) is 0.571. The van der Waals surface area contributed by atoms with Crippen LogP contribution < -0.4 is 0 Å². The fourth-order valence-corrected chi connectivity index (χ4v) is 3.06. The maximum Gasteiger partial charge on any atom is 0.255 e. The molecule has 98 valence electrons. The lowest BCUT2D eigenvalue weighted by molar-refractivity contribution is 0.0671. The van der Waals surface area contributed by atoms with Crippen molar-refractivity contribution in [3.05, 3.63) is 29.6 Å². The lowest BCUT2D eigenvalue weighted by atomic mass is 9.95. The summed E-state index contributed by atoms with van der Waals surface area (Å²) in [5.41, 5.74) is 1.66. The van der Waals surface area contributed by atoms with Crippen LogP contribution in [0.25, 0.3) is 0 Å². The number of carbonyl (C=O) groups excluding carboxylic acids is 1. The highest BCUT2D eigenvalue weighted by Crippen LogP contribution is 2.21. The molecule has 0 aliphatic carbocycles. The van der Waals surface area contributed by atoms with Gasteiger partial charge < -0.3 is 4.90 Å². The van der Waals surface area contributed by atoms with E-state index in [1.165, 1.54) is 6.42 Å². The van der Waals surface area contributed by atoms with E-state index in [4.69, 9.17) is 0 Å². The SMILES string of the molecule is Cc1ccc(C(=O)N2CCCC(CCBr)C2)cn1. The van der Waals surface area contributed by atoms with Gasteiger partial charge in [0.1, 0.15) is 0 Å². The number of pyridine rings is 1. The van der Waals surface area contributed by atoms with Gasteiger partial charge >= 0.3 is 0 Å². The van der Waals surface area contributed by atoms with E-state index >= 15 is 0 Å². The predicted octanol–water partition coefficient (Wildman–Crippen LogP) is 3.03. The van der Waals surface area contributed by atoms with Crippen LogP contribution >= 0.6 is 15.9 Å². The molecule has 3 nitrogen and oxygen atoms in total. The van der Waals surface area contributed by atoms with Gasteiger partial charge in [0.05, 0.1) is 5.56 Å². The normalized spacial score (nSPS) is 19.9. The Hall–Kier alpha value is -0.900. The second-order valence-corrected chi connectivity index (χ2v) is 5.72. The molecule has 4 heteroatoms. The summed E-state index contributed by atoms with van der Waals surface area (Å²) in [7, 11) is 0. The molecule has 1 fully saturated rings. The lowest BCUT2D eigenvalue weighted by Crippen LogP contribution is -2.40. The maximum absolute atomic E-state index is 12.3. The molecule has 1 saturated heterocycles. The van der Waals surface area contributed by atoms with E-state index in [1.54, 1.807) is 6.20 Å². The monoisotopic (exact) mass is 310 g/mol. The molecule has 1 aromatic heterocycles. The number of nitrogens with zero attached hydrogens (tertiary/aromatic N) is 2. The number of carbonyl (C=O) groups is 1. The molecular formula is C14H19BrN2O. The number of halogens is 1. The zero-order valence-corrected chi connectivity index (χ0v) is 12.3. The third-order valence-corrected chi connectivity index (χ3v) is 3.94. The van der Waals surface area contributed by atoms with E-state index in [0.29, 0.717) is 11.5 Å². The summed E-state index contributed by atoms with van der Waals surface area (Å²) in [4.78, 5) is 18.5. The second kappa shape index (κ2) is 6.32. The summed E-state index contributed by atoms with van der Waals surface area (Å²) < 4.78 is 0. The number of hydrogen-bond acceptors (Lipinski definition) is 2. The minimum Gasteiger partial charge on any atom is -0.338 e. The smallest absolute Gasteiger partial charge is 0.255 e. The molecule has 0 aromatic carbocycles. The number of amides is 1. The Balaban J connectivity index is 2.02. The quantitative estimate of drug-likeness (QED) is 0.804. The van der Waals surface area contributed by atoms with Crippen LogP contribution in [0.1, 0.15) is 35.3 Å². The van der Waals surface area contributed by atoms with Gasteiger partial charge in [0, 0.05) is 30.3 Å². The van der Waals surface area contributed by atoms with Crippen molar-refractivity contribution in [3.63, 3.8) is 0 Å². The van der Waals surface area contributed by atoms with Crippen LogP contribution in [0, 0.1) is 12.8 Å². The summed E-state index contributed by atoms with van der Waals surface area (Å²) in [6, 6.07) is 3.77. The topological polar surface area (TPSA) is 33.2 Å².